The van der Waals surface area contributed by atoms with Gasteiger partial charge in [-0.2, -0.15) is 0 Å². The zero-order chi connectivity index (χ0) is 14.2. The van der Waals surface area contributed by atoms with Crippen molar-refractivity contribution in [3.63, 3.8) is 0 Å². The smallest absolute Gasteiger partial charge is 0.142 e. The molecule has 0 spiro atoms. The Labute approximate surface area is 127 Å². The van der Waals surface area contributed by atoms with Crippen LogP contribution in [0.25, 0.3) is 0 Å². The standard InChI is InChI=1S/C16H25ClN2O/c1-2-18-13-14-7-5-8-15(17)16(14)20-12-6-11-19-9-3-4-10-19/h5,7-8,18H,2-4,6,9-13H2,1H3. The first-order valence-corrected chi connectivity index (χ1v) is 8.02. The summed E-state index contributed by atoms with van der Waals surface area (Å²) in [6.45, 7) is 8.21. The third kappa shape index (κ3) is 4.65. The van der Waals surface area contributed by atoms with Crippen molar-refractivity contribution in [3.05, 3.63) is 28.8 Å². The molecule has 1 aliphatic rings. The lowest BCUT2D eigenvalue weighted by Crippen LogP contribution is -2.22. The average Bonchev–Trinajstić information content (AvgIpc) is 2.96. The van der Waals surface area contributed by atoms with Crippen molar-refractivity contribution in [1.29, 1.82) is 0 Å². The van der Waals surface area contributed by atoms with E-state index in [9.17, 15) is 0 Å². The Balaban J connectivity index is 1.81. The summed E-state index contributed by atoms with van der Waals surface area (Å²) >= 11 is 6.25. The van der Waals surface area contributed by atoms with Crippen LogP contribution in [0.4, 0.5) is 0 Å². The van der Waals surface area contributed by atoms with Crippen molar-refractivity contribution in [3.8, 4) is 5.75 Å². The van der Waals surface area contributed by atoms with Crippen LogP contribution in [-0.2, 0) is 6.54 Å². The van der Waals surface area contributed by atoms with Crippen LogP contribution in [-0.4, -0.2) is 37.7 Å². The van der Waals surface area contributed by atoms with E-state index in [1.165, 1.54) is 25.9 Å². The normalized spacial score (nSPS) is 15.7. The molecule has 3 nitrogen and oxygen atoms in total. The first kappa shape index (κ1) is 15.6. The molecule has 1 fully saturated rings. The van der Waals surface area contributed by atoms with Crippen LogP contribution in [0.2, 0.25) is 5.02 Å². The topological polar surface area (TPSA) is 24.5 Å². The number of nitrogens with one attached hydrogen (secondary N) is 1. The molecule has 0 bridgehead atoms. The molecule has 0 unspecified atom stereocenters. The van der Waals surface area contributed by atoms with E-state index in [1.54, 1.807) is 0 Å². The third-order valence-electron chi connectivity index (χ3n) is 3.68. The van der Waals surface area contributed by atoms with Crippen molar-refractivity contribution in [1.82, 2.24) is 10.2 Å². The number of hydrogen-bond acceptors (Lipinski definition) is 3. The average molecular weight is 297 g/mol. The van der Waals surface area contributed by atoms with Gasteiger partial charge in [-0.05, 0) is 45.0 Å². The molecule has 0 atom stereocenters. The largest absolute Gasteiger partial charge is 0.492 e. The minimum atomic E-state index is 0.710. The fourth-order valence-corrected chi connectivity index (χ4v) is 2.83. The van der Waals surface area contributed by atoms with E-state index in [1.807, 2.05) is 12.1 Å². The minimum Gasteiger partial charge on any atom is -0.492 e. The molecule has 1 aliphatic heterocycles. The van der Waals surface area contributed by atoms with Gasteiger partial charge in [0, 0.05) is 18.7 Å². The van der Waals surface area contributed by atoms with Crippen LogP contribution in [0.5, 0.6) is 5.75 Å². The molecule has 112 valence electrons. The van der Waals surface area contributed by atoms with Gasteiger partial charge >= 0.3 is 0 Å². The second-order valence-electron chi connectivity index (χ2n) is 5.26. The lowest BCUT2D eigenvalue weighted by atomic mass is 10.2. The predicted molar refractivity (Wildman–Crippen MR) is 84.6 cm³/mol. The molecule has 1 heterocycles. The van der Waals surface area contributed by atoms with E-state index in [4.69, 9.17) is 16.3 Å². The zero-order valence-corrected chi connectivity index (χ0v) is 13.1. The number of nitrogens with zero attached hydrogens (tertiary/aromatic N) is 1. The lowest BCUT2D eigenvalue weighted by Gasteiger charge is -2.16. The Kier molecular flexibility index (Phi) is 6.64. The van der Waals surface area contributed by atoms with Gasteiger partial charge in [-0.15, -0.1) is 0 Å². The first-order chi connectivity index (χ1) is 9.81. The highest BCUT2D eigenvalue weighted by Gasteiger charge is 2.11. The van der Waals surface area contributed by atoms with E-state index >= 15 is 0 Å². The third-order valence-corrected chi connectivity index (χ3v) is 3.98. The summed E-state index contributed by atoms with van der Waals surface area (Å²) in [5.41, 5.74) is 1.14. The van der Waals surface area contributed by atoms with Crippen LogP contribution >= 0.6 is 11.6 Å². The monoisotopic (exact) mass is 296 g/mol. The number of likely N-dealkylation sites (tertiary alicyclic amines) is 1. The van der Waals surface area contributed by atoms with Gasteiger partial charge < -0.3 is 15.0 Å². The molecule has 0 amide bonds. The molecule has 4 heteroatoms. The molecular formula is C16H25ClN2O. The predicted octanol–water partition coefficient (Wildman–Crippen LogP) is 3.31. The van der Waals surface area contributed by atoms with Crippen molar-refractivity contribution >= 4 is 11.6 Å². The highest BCUT2D eigenvalue weighted by atomic mass is 35.5. The fraction of sp³-hybridized carbons (Fsp3) is 0.625. The molecule has 0 saturated carbocycles. The maximum atomic E-state index is 6.25. The van der Waals surface area contributed by atoms with Gasteiger partial charge in [0.1, 0.15) is 5.75 Å². The van der Waals surface area contributed by atoms with Gasteiger partial charge in [-0.1, -0.05) is 30.7 Å². The first-order valence-electron chi connectivity index (χ1n) is 7.64. The Morgan fingerprint density at radius 1 is 1.30 bits per heavy atom. The Morgan fingerprint density at radius 3 is 2.85 bits per heavy atom. The number of halogens is 1. The number of rotatable bonds is 8. The van der Waals surface area contributed by atoms with Crippen LogP contribution in [0.1, 0.15) is 31.7 Å². The maximum Gasteiger partial charge on any atom is 0.142 e. The molecule has 1 saturated heterocycles. The van der Waals surface area contributed by atoms with Gasteiger partial charge in [-0.25, -0.2) is 0 Å². The molecule has 0 aliphatic carbocycles. The molecule has 0 aromatic heterocycles. The second-order valence-corrected chi connectivity index (χ2v) is 5.67. The van der Waals surface area contributed by atoms with Crippen LogP contribution in [0.15, 0.2) is 18.2 Å². The second kappa shape index (κ2) is 8.50. The van der Waals surface area contributed by atoms with Gasteiger partial charge in [0.15, 0.2) is 0 Å². The number of hydrogen-bond donors (Lipinski definition) is 1. The van der Waals surface area contributed by atoms with Crippen molar-refractivity contribution in [2.45, 2.75) is 32.7 Å². The summed E-state index contributed by atoms with van der Waals surface area (Å²) in [5.74, 6) is 0.844. The summed E-state index contributed by atoms with van der Waals surface area (Å²) in [4.78, 5) is 2.51. The van der Waals surface area contributed by atoms with Crippen LogP contribution in [0.3, 0.4) is 0 Å². The number of ether oxygens (including phenoxy) is 1. The van der Waals surface area contributed by atoms with E-state index in [0.717, 1.165) is 44.0 Å². The SMILES string of the molecule is CCNCc1cccc(Cl)c1OCCCN1CCCC1. The molecule has 0 radical (unpaired) electrons. The lowest BCUT2D eigenvalue weighted by molar-refractivity contribution is 0.261. The van der Waals surface area contributed by atoms with Crippen molar-refractivity contribution < 1.29 is 4.74 Å². The van der Waals surface area contributed by atoms with E-state index < -0.39 is 0 Å². The molecule has 1 N–H and O–H groups in total. The highest BCUT2D eigenvalue weighted by Crippen LogP contribution is 2.28. The number of benzene rings is 1. The summed E-state index contributed by atoms with van der Waals surface area (Å²) in [7, 11) is 0. The van der Waals surface area contributed by atoms with Crippen LogP contribution < -0.4 is 10.1 Å². The Morgan fingerprint density at radius 2 is 2.10 bits per heavy atom. The Hall–Kier alpha value is -0.770. The summed E-state index contributed by atoms with van der Waals surface area (Å²) < 4.78 is 5.93. The van der Waals surface area contributed by atoms with E-state index in [-0.39, 0.29) is 0 Å². The highest BCUT2D eigenvalue weighted by molar-refractivity contribution is 6.32. The Bertz CT molecular complexity index is 405. The molecule has 1 aromatic carbocycles. The van der Waals surface area contributed by atoms with Crippen molar-refractivity contribution in [2.24, 2.45) is 0 Å². The summed E-state index contributed by atoms with van der Waals surface area (Å²) in [6, 6.07) is 5.95. The van der Waals surface area contributed by atoms with Gasteiger partial charge in [-0.3, -0.25) is 0 Å². The quantitative estimate of drug-likeness (QED) is 0.745. The zero-order valence-electron chi connectivity index (χ0n) is 12.3. The van der Waals surface area contributed by atoms with E-state index in [0.29, 0.717) is 5.02 Å². The molecule has 2 rings (SSSR count). The van der Waals surface area contributed by atoms with Gasteiger partial charge in [0.2, 0.25) is 0 Å². The van der Waals surface area contributed by atoms with E-state index in [2.05, 4.69) is 23.2 Å². The summed E-state index contributed by atoms with van der Waals surface area (Å²) in [6.07, 6.45) is 3.75. The van der Waals surface area contributed by atoms with Crippen LogP contribution in [0, 0.1) is 0 Å². The summed E-state index contributed by atoms with van der Waals surface area (Å²) in [5, 5.41) is 4.03. The van der Waals surface area contributed by atoms with Gasteiger partial charge in [0.05, 0.1) is 11.6 Å². The number of para-hydroxylation sites is 1. The molecular weight excluding hydrogens is 272 g/mol. The molecule has 20 heavy (non-hydrogen) atoms. The minimum absolute atomic E-state index is 0.710. The maximum absolute atomic E-state index is 6.25. The van der Waals surface area contributed by atoms with Gasteiger partial charge in [0.25, 0.3) is 0 Å². The molecule has 1 aromatic rings. The fourth-order valence-electron chi connectivity index (χ4n) is 2.58. The van der Waals surface area contributed by atoms with Crippen molar-refractivity contribution in [2.75, 3.05) is 32.8 Å².